The van der Waals surface area contributed by atoms with Crippen LogP contribution in [0.25, 0.3) is 6.08 Å². The molecule has 0 saturated carbocycles. The maximum Gasteiger partial charge on any atom is 0.573 e. The fourth-order valence-corrected chi connectivity index (χ4v) is 2.79. The second-order valence-corrected chi connectivity index (χ2v) is 5.68. The van der Waals surface area contributed by atoms with Gasteiger partial charge in [0.1, 0.15) is 12.0 Å². The number of halogens is 3. The summed E-state index contributed by atoms with van der Waals surface area (Å²) in [5.74, 6) is -0.299. The number of aliphatic hydroxyl groups is 2. The highest BCUT2D eigenvalue weighted by atomic mass is 19.4. The number of aliphatic hydroxyl groups excluding tert-OH is 2. The molecule has 0 aliphatic carbocycles. The van der Waals surface area contributed by atoms with Crippen molar-refractivity contribution in [2.75, 3.05) is 5.32 Å². The van der Waals surface area contributed by atoms with Crippen LogP contribution < -0.4 is 10.1 Å². The molecule has 3 rings (SSSR count). The van der Waals surface area contributed by atoms with Gasteiger partial charge in [0, 0.05) is 11.3 Å². The first-order chi connectivity index (χ1) is 11.9. The van der Waals surface area contributed by atoms with Crippen molar-refractivity contribution in [2.45, 2.75) is 25.6 Å². The number of anilines is 1. The van der Waals surface area contributed by atoms with E-state index in [1.807, 2.05) is 6.07 Å². The zero-order chi connectivity index (χ0) is 18.0. The van der Waals surface area contributed by atoms with Crippen LogP contribution in [0, 0.1) is 0 Å². The largest absolute Gasteiger partial charge is 0.573 e. The van der Waals surface area contributed by atoms with Gasteiger partial charge in [0.05, 0.1) is 6.61 Å². The van der Waals surface area contributed by atoms with Gasteiger partial charge in [-0.05, 0) is 41.3 Å². The summed E-state index contributed by atoms with van der Waals surface area (Å²) < 4.78 is 40.9. The summed E-state index contributed by atoms with van der Waals surface area (Å²) in [4.78, 5) is 0. The lowest BCUT2D eigenvalue weighted by molar-refractivity contribution is -0.274. The van der Waals surface area contributed by atoms with Gasteiger partial charge in [-0.2, -0.15) is 0 Å². The monoisotopic (exact) mass is 351 g/mol. The minimum absolute atomic E-state index is 0.164. The standard InChI is InChI=1S/C18H16F3NO3/c19-18(20,21)25-15-6-1-3-11(8-15)7-14-9-12-4-2-5-13(10-23)16(12)22-17(14)24/h1-6,8-9,17,22-24H,7,10H2. The van der Waals surface area contributed by atoms with Crippen molar-refractivity contribution in [3.63, 3.8) is 0 Å². The maximum absolute atomic E-state index is 12.3. The van der Waals surface area contributed by atoms with Gasteiger partial charge in [-0.25, -0.2) is 0 Å². The molecule has 0 aromatic heterocycles. The SMILES string of the molecule is OCc1cccc2c1NC(O)C(Cc1cccc(OC(F)(F)F)c1)=C2. The van der Waals surface area contributed by atoms with Crippen molar-refractivity contribution in [3.8, 4) is 5.75 Å². The zero-order valence-corrected chi connectivity index (χ0v) is 13.0. The molecule has 1 aliphatic heterocycles. The summed E-state index contributed by atoms with van der Waals surface area (Å²) in [5.41, 5.74) is 3.29. The van der Waals surface area contributed by atoms with Gasteiger partial charge in [-0.3, -0.25) is 0 Å². The zero-order valence-electron chi connectivity index (χ0n) is 13.0. The third kappa shape index (κ3) is 4.12. The Bertz CT molecular complexity index is 802. The Kier molecular flexibility index (Phi) is 4.69. The number of hydrogen-bond acceptors (Lipinski definition) is 4. The van der Waals surface area contributed by atoms with Crippen LogP contribution in [0.1, 0.15) is 16.7 Å². The predicted octanol–water partition coefficient (Wildman–Crippen LogP) is 3.45. The molecular formula is C18H16F3NO3. The lowest BCUT2D eigenvalue weighted by atomic mass is 9.95. The van der Waals surface area contributed by atoms with Crippen molar-refractivity contribution in [2.24, 2.45) is 0 Å². The maximum atomic E-state index is 12.3. The van der Waals surface area contributed by atoms with E-state index < -0.39 is 12.6 Å². The Morgan fingerprint density at radius 2 is 1.88 bits per heavy atom. The van der Waals surface area contributed by atoms with Crippen LogP contribution >= 0.6 is 0 Å². The average molecular weight is 351 g/mol. The Morgan fingerprint density at radius 1 is 1.12 bits per heavy atom. The number of alkyl halides is 3. The quantitative estimate of drug-likeness (QED) is 0.790. The predicted molar refractivity (Wildman–Crippen MR) is 86.8 cm³/mol. The van der Waals surface area contributed by atoms with E-state index >= 15 is 0 Å². The summed E-state index contributed by atoms with van der Waals surface area (Å²) >= 11 is 0. The fraction of sp³-hybridized carbons (Fsp3) is 0.222. The summed E-state index contributed by atoms with van der Waals surface area (Å²) in [5, 5.41) is 22.6. The topological polar surface area (TPSA) is 61.7 Å². The first-order valence-corrected chi connectivity index (χ1v) is 7.58. The number of benzene rings is 2. The number of para-hydroxylation sites is 1. The van der Waals surface area contributed by atoms with E-state index in [1.165, 1.54) is 18.2 Å². The Labute approximate surface area is 142 Å². The molecule has 4 nitrogen and oxygen atoms in total. The minimum atomic E-state index is -4.75. The highest BCUT2D eigenvalue weighted by Crippen LogP contribution is 2.32. The van der Waals surface area contributed by atoms with Crippen LogP contribution in [0.2, 0.25) is 0 Å². The van der Waals surface area contributed by atoms with Gasteiger partial charge < -0.3 is 20.3 Å². The fourth-order valence-electron chi connectivity index (χ4n) is 2.79. The number of rotatable bonds is 4. The summed E-state index contributed by atoms with van der Waals surface area (Å²) in [6.45, 7) is -0.164. The summed E-state index contributed by atoms with van der Waals surface area (Å²) in [6, 6.07) is 11.0. The van der Waals surface area contributed by atoms with E-state index in [9.17, 15) is 23.4 Å². The molecule has 1 heterocycles. The molecule has 0 radical (unpaired) electrons. The second kappa shape index (κ2) is 6.78. The molecular weight excluding hydrogens is 335 g/mol. The van der Waals surface area contributed by atoms with E-state index in [1.54, 1.807) is 24.3 Å². The Hall–Kier alpha value is -2.51. The molecule has 2 aromatic rings. The highest BCUT2D eigenvalue weighted by Gasteiger charge is 2.31. The first-order valence-electron chi connectivity index (χ1n) is 7.58. The van der Waals surface area contributed by atoms with Crippen LogP contribution in [0.4, 0.5) is 18.9 Å². The molecule has 1 atom stereocenters. The van der Waals surface area contributed by atoms with Crippen molar-refractivity contribution >= 4 is 11.8 Å². The molecule has 132 valence electrons. The Morgan fingerprint density at radius 3 is 2.60 bits per heavy atom. The number of fused-ring (bicyclic) bond motifs is 1. The minimum Gasteiger partial charge on any atom is -0.406 e. The Balaban J connectivity index is 1.85. The van der Waals surface area contributed by atoms with Crippen LogP contribution in [-0.2, 0) is 13.0 Å². The van der Waals surface area contributed by atoms with E-state index in [2.05, 4.69) is 10.1 Å². The van der Waals surface area contributed by atoms with Crippen molar-refractivity contribution in [1.29, 1.82) is 0 Å². The van der Waals surface area contributed by atoms with Gasteiger partial charge in [0.15, 0.2) is 0 Å². The van der Waals surface area contributed by atoms with E-state index in [4.69, 9.17) is 0 Å². The smallest absolute Gasteiger partial charge is 0.406 e. The van der Waals surface area contributed by atoms with Crippen molar-refractivity contribution in [3.05, 3.63) is 64.7 Å². The molecule has 0 spiro atoms. The molecule has 0 fully saturated rings. The van der Waals surface area contributed by atoms with Gasteiger partial charge in [0.2, 0.25) is 0 Å². The molecule has 7 heteroatoms. The van der Waals surface area contributed by atoms with Crippen LogP contribution in [0.15, 0.2) is 48.0 Å². The molecule has 0 amide bonds. The number of nitrogens with one attached hydrogen (secondary N) is 1. The normalized spacial score (nSPS) is 16.7. The molecule has 0 bridgehead atoms. The van der Waals surface area contributed by atoms with Crippen molar-refractivity contribution in [1.82, 2.24) is 0 Å². The second-order valence-electron chi connectivity index (χ2n) is 5.68. The lowest BCUT2D eigenvalue weighted by Gasteiger charge is -2.26. The van der Waals surface area contributed by atoms with Crippen LogP contribution in [0.5, 0.6) is 5.75 Å². The van der Waals surface area contributed by atoms with Gasteiger partial charge in [0.25, 0.3) is 0 Å². The van der Waals surface area contributed by atoms with E-state index in [0.717, 1.165) is 5.56 Å². The third-order valence-electron chi connectivity index (χ3n) is 3.87. The van der Waals surface area contributed by atoms with Gasteiger partial charge >= 0.3 is 6.36 Å². The molecule has 1 aliphatic rings. The molecule has 1 unspecified atom stereocenters. The summed E-state index contributed by atoms with van der Waals surface area (Å²) in [7, 11) is 0. The number of ether oxygens (including phenoxy) is 1. The van der Waals surface area contributed by atoms with Crippen LogP contribution in [0.3, 0.4) is 0 Å². The van der Waals surface area contributed by atoms with E-state index in [0.29, 0.717) is 22.4 Å². The summed E-state index contributed by atoms with van der Waals surface area (Å²) in [6.07, 6.45) is -3.71. The molecule has 3 N–H and O–H groups in total. The van der Waals surface area contributed by atoms with Crippen LogP contribution in [-0.4, -0.2) is 22.8 Å². The van der Waals surface area contributed by atoms with Crippen molar-refractivity contribution < 1.29 is 28.1 Å². The van der Waals surface area contributed by atoms with Gasteiger partial charge in [-0.1, -0.05) is 30.3 Å². The molecule has 0 saturated heterocycles. The lowest BCUT2D eigenvalue weighted by Crippen LogP contribution is -2.26. The molecule has 25 heavy (non-hydrogen) atoms. The number of hydrogen-bond donors (Lipinski definition) is 3. The van der Waals surface area contributed by atoms with Gasteiger partial charge in [-0.15, -0.1) is 13.2 Å². The molecule has 2 aromatic carbocycles. The first kappa shape index (κ1) is 17.3. The average Bonchev–Trinajstić information content (AvgIpc) is 2.54. The third-order valence-corrected chi connectivity index (χ3v) is 3.87. The van der Waals surface area contributed by atoms with E-state index in [-0.39, 0.29) is 18.8 Å². The highest BCUT2D eigenvalue weighted by molar-refractivity contribution is 5.75.